The molecule has 0 aliphatic heterocycles. The van der Waals surface area contributed by atoms with Gasteiger partial charge < -0.3 is 9.47 Å². The zero-order chi connectivity index (χ0) is 22.5. The lowest BCUT2D eigenvalue weighted by Crippen LogP contribution is -2.24. The van der Waals surface area contributed by atoms with Crippen LogP contribution in [0.3, 0.4) is 0 Å². The lowest BCUT2D eigenvalue weighted by molar-refractivity contribution is 0.676. The molecular formula is C28H32ClN3. The van der Waals surface area contributed by atoms with Crippen LogP contribution >= 0.6 is 11.6 Å². The number of halogens is 1. The molecule has 0 spiro atoms. The second-order valence-corrected chi connectivity index (χ2v) is 8.84. The summed E-state index contributed by atoms with van der Waals surface area (Å²) in [6.07, 6.45) is 3.24. The van der Waals surface area contributed by atoms with Gasteiger partial charge in [0.15, 0.2) is 5.82 Å². The van der Waals surface area contributed by atoms with Crippen LogP contribution in [0.1, 0.15) is 49.1 Å². The van der Waals surface area contributed by atoms with Crippen molar-refractivity contribution in [1.82, 2.24) is 9.55 Å². The average Bonchev–Trinajstić information content (AvgIpc) is 3.06. The Kier molecular flexibility index (Phi) is 7.16. The van der Waals surface area contributed by atoms with Crippen molar-refractivity contribution in [3.05, 3.63) is 94.3 Å². The number of aryl methyl sites for hydroxylation is 2. The number of pyridine rings is 1. The first kappa shape index (κ1) is 22.4. The number of fused-ring (bicyclic) bond motifs is 1. The minimum atomic E-state index is 0.560. The molecule has 2 aromatic carbocycles. The van der Waals surface area contributed by atoms with E-state index in [1.807, 2.05) is 0 Å². The van der Waals surface area contributed by atoms with Gasteiger partial charge >= 0.3 is 0 Å². The van der Waals surface area contributed by atoms with E-state index >= 15 is 0 Å². The van der Waals surface area contributed by atoms with Crippen LogP contribution in [0.4, 0.5) is 5.82 Å². The van der Waals surface area contributed by atoms with Crippen LogP contribution in [0.5, 0.6) is 0 Å². The zero-order valence-corrected chi connectivity index (χ0v) is 20.1. The average molecular weight is 446 g/mol. The molecule has 0 amide bonds. The Bertz CT molecular complexity index is 1120. The molecule has 0 unspecified atom stereocenters. The van der Waals surface area contributed by atoms with E-state index in [2.05, 4.69) is 97.0 Å². The summed E-state index contributed by atoms with van der Waals surface area (Å²) in [6, 6.07) is 23.3. The topological polar surface area (TPSA) is 21.1 Å². The summed E-state index contributed by atoms with van der Waals surface area (Å²) < 4.78 is 2.46. The van der Waals surface area contributed by atoms with Crippen LogP contribution in [0.25, 0.3) is 10.9 Å². The second kappa shape index (κ2) is 10.2. The maximum Gasteiger partial charge on any atom is 0.155 e. The predicted molar refractivity (Wildman–Crippen MR) is 137 cm³/mol. The molecule has 0 fully saturated rings. The first-order valence-corrected chi connectivity index (χ1v) is 12.0. The summed E-state index contributed by atoms with van der Waals surface area (Å²) in [4.78, 5) is 7.30. The van der Waals surface area contributed by atoms with E-state index in [9.17, 15) is 0 Å². The van der Waals surface area contributed by atoms with Gasteiger partial charge in [0.1, 0.15) is 5.15 Å². The maximum atomic E-state index is 6.64. The molecular weight excluding hydrogens is 414 g/mol. The fourth-order valence-electron chi connectivity index (χ4n) is 4.62. The Morgan fingerprint density at radius 3 is 2.00 bits per heavy atom. The quantitative estimate of drug-likeness (QED) is 0.248. The lowest BCUT2D eigenvalue weighted by Gasteiger charge is -2.26. The van der Waals surface area contributed by atoms with Crippen LogP contribution in [0.15, 0.2) is 66.7 Å². The van der Waals surface area contributed by atoms with Crippen molar-refractivity contribution in [1.29, 1.82) is 0 Å². The van der Waals surface area contributed by atoms with Crippen LogP contribution in [-0.2, 0) is 26.1 Å². The number of hydrogen-bond donors (Lipinski definition) is 0. The van der Waals surface area contributed by atoms with Crippen LogP contribution in [0.2, 0.25) is 5.15 Å². The van der Waals surface area contributed by atoms with Gasteiger partial charge in [-0.25, -0.2) is 4.98 Å². The predicted octanol–water partition coefficient (Wildman–Crippen LogP) is 7.57. The van der Waals surface area contributed by atoms with Crippen molar-refractivity contribution in [2.75, 3.05) is 4.90 Å². The first-order chi connectivity index (χ1) is 15.6. The van der Waals surface area contributed by atoms with E-state index in [0.29, 0.717) is 5.15 Å². The number of aromatic nitrogens is 2. The molecule has 0 aliphatic carbocycles. The summed E-state index contributed by atoms with van der Waals surface area (Å²) in [5, 5.41) is 1.81. The largest absolute Gasteiger partial charge is 0.346 e. The number of hydrogen-bond acceptors (Lipinski definition) is 2. The van der Waals surface area contributed by atoms with E-state index in [1.54, 1.807) is 0 Å². The van der Waals surface area contributed by atoms with Gasteiger partial charge in [0.25, 0.3) is 0 Å². The minimum Gasteiger partial charge on any atom is -0.346 e. The number of benzene rings is 2. The summed E-state index contributed by atoms with van der Waals surface area (Å²) in [6.45, 7) is 9.25. The van der Waals surface area contributed by atoms with E-state index in [4.69, 9.17) is 16.6 Å². The van der Waals surface area contributed by atoms with Crippen molar-refractivity contribution in [3.8, 4) is 0 Å². The highest BCUT2D eigenvalue weighted by Crippen LogP contribution is 2.36. The molecule has 4 aromatic rings. The van der Waals surface area contributed by atoms with Gasteiger partial charge in [0.2, 0.25) is 0 Å². The van der Waals surface area contributed by atoms with Gasteiger partial charge in [-0.15, -0.1) is 0 Å². The molecule has 0 saturated heterocycles. The molecule has 0 saturated carbocycles. The third-order valence-electron chi connectivity index (χ3n) is 6.06. The van der Waals surface area contributed by atoms with Crippen molar-refractivity contribution in [2.45, 2.75) is 59.7 Å². The van der Waals surface area contributed by atoms with Gasteiger partial charge in [-0.2, -0.15) is 0 Å². The highest BCUT2D eigenvalue weighted by Gasteiger charge is 2.22. The Morgan fingerprint density at radius 1 is 0.875 bits per heavy atom. The maximum absolute atomic E-state index is 6.64. The Labute approximate surface area is 196 Å². The Morgan fingerprint density at radius 2 is 1.47 bits per heavy atom. The SMILES string of the molecule is CCCc1c(C)n(CCC)c2c(N(Cc3ccccc3)Cc3ccccc3)nc(Cl)cc12. The third-order valence-corrected chi connectivity index (χ3v) is 6.25. The standard InChI is InChI=1S/C28H32ClN3/c1-4-12-24-21(3)32(17-5-2)27-25(24)18-26(29)30-28(27)31(19-22-13-8-6-9-14-22)20-23-15-10-7-11-16-23/h6-11,13-16,18H,4-5,12,17,19-20H2,1-3H3. The smallest absolute Gasteiger partial charge is 0.155 e. The first-order valence-electron chi connectivity index (χ1n) is 11.6. The normalized spacial score (nSPS) is 11.2. The number of anilines is 1. The van der Waals surface area contributed by atoms with Gasteiger partial charge in [0.05, 0.1) is 5.52 Å². The van der Waals surface area contributed by atoms with Gasteiger partial charge in [-0.3, -0.25) is 0 Å². The Balaban J connectivity index is 1.91. The summed E-state index contributed by atoms with van der Waals surface area (Å²) in [5.41, 5.74) is 6.48. The molecule has 3 nitrogen and oxygen atoms in total. The molecule has 2 heterocycles. The van der Waals surface area contributed by atoms with Crippen LogP contribution in [-0.4, -0.2) is 9.55 Å². The second-order valence-electron chi connectivity index (χ2n) is 8.46. The molecule has 2 aromatic heterocycles. The molecule has 0 atom stereocenters. The van der Waals surface area contributed by atoms with Crippen LogP contribution in [0, 0.1) is 6.92 Å². The molecule has 0 bridgehead atoms. The van der Waals surface area contributed by atoms with E-state index in [-0.39, 0.29) is 0 Å². The van der Waals surface area contributed by atoms with Crippen molar-refractivity contribution in [2.24, 2.45) is 0 Å². The fraction of sp³-hybridized carbons (Fsp3) is 0.321. The highest BCUT2D eigenvalue weighted by molar-refractivity contribution is 6.30. The molecule has 4 rings (SSSR count). The van der Waals surface area contributed by atoms with Crippen molar-refractivity contribution >= 4 is 28.3 Å². The molecule has 32 heavy (non-hydrogen) atoms. The summed E-state index contributed by atoms with van der Waals surface area (Å²) in [5.74, 6) is 0.971. The van der Waals surface area contributed by atoms with Gasteiger partial charge in [0, 0.05) is 30.7 Å². The van der Waals surface area contributed by atoms with Crippen molar-refractivity contribution in [3.63, 3.8) is 0 Å². The monoisotopic (exact) mass is 445 g/mol. The molecule has 0 N–H and O–H groups in total. The van der Waals surface area contributed by atoms with Gasteiger partial charge in [-0.1, -0.05) is 92.5 Å². The summed E-state index contributed by atoms with van der Waals surface area (Å²) >= 11 is 6.64. The lowest BCUT2D eigenvalue weighted by atomic mass is 10.1. The molecule has 4 heteroatoms. The third kappa shape index (κ3) is 4.68. The molecule has 166 valence electrons. The minimum absolute atomic E-state index is 0.560. The van der Waals surface area contributed by atoms with E-state index in [1.165, 1.54) is 33.3 Å². The number of nitrogens with zero attached hydrogens (tertiary/aromatic N) is 3. The summed E-state index contributed by atoms with van der Waals surface area (Å²) in [7, 11) is 0. The molecule has 0 aliphatic rings. The molecule has 0 radical (unpaired) electrons. The van der Waals surface area contributed by atoms with E-state index in [0.717, 1.165) is 44.7 Å². The fourth-order valence-corrected chi connectivity index (χ4v) is 4.81. The van der Waals surface area contributed by atoms with E-state index < -0.39 is 0 Å². The van der Waals surface area contributed by atoms with Crippen molar-refractivity contribution < 1.29 is 0 Å². The Hall–Kier alpha value is -2.78. The zero-order valence-electron chi connectivity index (χ0n) is 19.3. The highest BCUT2D eigenvalue weighted by atomic mass is 35.5. The van der Waals surface area contributed by atoms with Crippen LogP contribution < -0.4 is 4.90 Å². The van der Waals surface area contributed by atoms with Gasteiger partial charge in [-0.05, 0) is 42.5 Å². The number of rotatable bonds is 9.